The van der Waals surface area contributed by atoms with Crippen molar-refractivity contribution in [2.45, 2.75) is 27.0 Å². The fraction of sp³-hybridized carbons (Fsp3) is 0.0769. The Morgan fingerprint density at radius 2 is 0.697 bits per heavy atom. The van der Waals surface area contributed by atoms with E-state index < -0.39 is 23.5 Å². The highest BCUT2D eigenvalue weighted by Crippen LogP contribution is 2.35. The van der Waals surface area contributed by atoms with E-state index in [1.807, 2.05) is 0 Å². The normalized spacial score (nSPS) is 11.6. The van der Waals surface area contributed by atoms with Gasteiger partial charge in [-0.3, -0.25) is 0 Å². The third kappa shape index (κ3) is 6.89. The van der Waals surface area contributed by atoms with Crippen molar-refractivity contribution in [3.05, 3.63) is 126 Å². The van der Waals surface area contributed by atoms with Crippen LogP contribution in [0.1, 0.15) is 11.1 Å². The van der Waals surface area contributed by atoms with E-state index in [-0.39, 0.29) is 17.0 Å². The van der Waals surface area contributed by atoms with Gasteiger partial charge < -0.3 is 0 Å². The molecule has 0 saturated heterocycles. The fourth-order valence-electron chi connectivity index (χ4n) is 2.95. The summed E-state index contributed by atoms with van der Waals surface area (Å²) in [5.74, 6) is 0. The first-order chi connectivity index (χ1) is 15.7. The summed E-state index contributed by atoms with van der Waals surface area (Å²) in [7, 11) is -0.0146. The molecule has 4 rings (SSSR count). The molecule has 0 spiro atoms. The Balaban J connectivity index is 0.000000196. The third-order valence-electron chi connectivity index (χ3n) is 4.45. The Morgan fingerprint density at radius 3 is 0.970 bits per heavy atom. The van der Waals surface area contributed by atoms with E-state index in [1.165, 1.54) is 14.7 Å². The molecule has 170 valence electrons. The van der Waals surface area contributed by atoms with Crippen LogP contribution in [0.2, 0.25) is 0 Å². The van der Waals surface area contributed by atoms with Gasteiger partial charge in [0.1, 0.15) is 0 Å². The second-order valence-corrected chi connectivity index (χ2v) is 8.85. The number of benzene rings is 4. The molecule has 0 amide bonds. The zero-order valence-corrected chi connectivity index (χ0v) is 18.0. The lowest BCUT2D eigenvalue weighted by atomic mass is 10.1. The van der Waals surface area contributed by atoms with Gasteiger partial charge in [-0.15, -0.1) is 0 Å². The van der Waals surface area contributed by atoms with Crippen molar-refractivity contribution >= 4 is 10.9 Å². The van der Waals surface area contributed by atoms with E-state index in [1.54, 1.807) is 0 Å². The molecule has 0 bridgehead atoms. The van der Waals surface area contributed by atoms with Crippen LogP contribution in [0, 0.1) is 0 Å². The standard InChI is InChI=1S/C18H15S.C8H4F6/c1-4-10-16(11-5-1)19(17-12-6-2-7-13-17)18-14-8-3-9-15-18;9-7(10,11)5-2-1-3-6(4-5)8(12,13)14/h1-15H;1-4H/q+1;. The number of hydrogen-bond acceptors (Lipinski definition) is 0. The predicted molar refractivity (Wildman–Crippen MR) is 118 cm³/mol. The largest absolute Gasteiger partial charge is 0.416 e. The number of hydrogen-bond donors (Lipinski definition) is 0. The molecule has 0 atom stereocenters. The van der Waals surface area contributed by atoms with Gasteiger partial charge in [-0.25, -0.2) is 0 Å². The maximum Gasteiger partial charge on any atom is 0.416 e. The quantitative estimate of drug-likeness (QED) is 0.205. The van der Waals surface area contributed by atoms with Gasteiger partial charge in [-0.1, -0.05) is 60.7 Å². The van der Waals surface area contributed by atoms with Gasteiger partial charge in [0.25, 0.3) is 0 Å². The van der Waals surface area contributed by atoms with Crippen molar-refractivity contribution in [3.8, 4) is 0 Å². The summed E-state index contributed by atoms with van der Waals surface area (Å²) in [6.07, 6.45) is -9.50. The Labute approximate surface area is 190 Å². The summed E-state index contributed by atoms with van der Waals surface area (Å²) >= 11 is 0. The molecule has 0 heterocycles. The molecule has 0 aliphatic rings. The zero-order chi connectivity index (χ0) is 23.9. The minimum Gasteiger partial charge on any atom is -0.166 e. The van der Waals surface area contributed by atoms with Crippen molar-refractivity contribution in [1.29, 1.82) is 0 Å². The van der Waals surface area contributed by atoms with Crippen LogP contribution < -0.4 is 0 Å². The molecule has 7 heteroatoms. The average molecular weight is 477 g/mol. The Bertz CT molecular complexity index is 1000. The molecule has 0 aliphatic heterocycles. The first kappa shape index (κ1) is 24.5. The SMILES string of the molecule is FC(F)(F)c1cccc(C(F)(F)F)c1.c1ccc([S+](c2ccccc2)c2ccccc2)cc1. The first-order valence-electron chi connectivity index (χ1n) is 9.80. The van der Waals surface area contributed by atoms with Crippen molar-refractivity contribution in [2.75, 3.05) is 0 Å². The number of halogens is 6. The minimum absolute atomic E-state index is 0.0146. The summed E-state index contributed by atoms with van der Waals surface area (Å²) in [6, 6.07) is 34.1. The molecular formula is C26H19F6S+. The monoisotopic (exact) mass is 477 g/mol. The summed E-state index contributed by atoms with van der Waals surface area (Å²) in [5.41, 5.74) is -2.60. The van der Waals surface area contributed by atoms with Crippen LogP contribution in [0.15, 0.2) is 130 Å². The van der Waals surface area contributed by atoms with Crippen LogP contribution in [-0.4, -0.2) is 0 Å². The Hall–Kier alpha value is -3.19. The van der Waals surface area contributed by atoms with Crippen molar-refractivity contribution in [1.82, 2.24) is 0 Å². The van der Waals surface area contributed by atoms with Crippen LogP contribution in [0.5, 0.6) is 0 Å². The van der Waals surface area contributed by atoms with E-state index in [2.05, 4.69) is 91.0 Å². The second-order valence-electron chi connectivity index (χ2n) is 6.82. The maximum atomic E-state index is 12.0. The molecule has 0 aromatic heterocycles. The molecular weight excluding hydrogens is 458 g/mol. The molecule has 0 aliphatic carbocycles. The smallest absolute Gasteiger partial charge is 0.166 e. The van der Waals surface area contributed by atoms with Crippen LogP contribution >= 0.6 is 0 Å². The highest BCUT2D eigenvalue weighted by Gasteiger charge is 2.35. The zero-order valence-electron chi connectivity index (χ0n) is 17.1. The molecule has 0 radical (unpaired) electrons. The van der Waals surface area contributed by atoms with E-state index in [4.69, 9.17) is 0 Å². The summed E-state index contributed by atoms with van der Waals surface area (Å²) in [4.78, 5) is 4.08. The van der Waals surface area contributed by atoms with Crippen LogP contribution in [0.25, 0.3) is 0 Å². The average Bonchev–Trinajstić information content (AvgIpc) is 2.81. The summed E-state index contributed by atoms with van der Waals surface area (Å²) < 4.78 is 71.9. The lowest BCUT2D eigenvalue weighted by Crippen LogP contribution is -2.09. The van der Waals surface area contributed by atoms with Crippen LogP contribution in [0.3, 0.4) is 0 Å². The maximum absolute atomic E-state index is 12.0. The van der Waals surface area contributed by atoms with Gasteiger partial charge in [-0.05, 0) is 54.6 Å². The second kappa shape index (κ2) is 10.6. The van der Waals surface area contributed by atoms with Crippen LogP contribution in [0.4, 0.5) is 26.3 Å². The van der Waals surface area contributed by atoms with Gasteiger partial charge in [0, 0.05) is 0 Å². The van der Waals surface area contributed by atoms with Crippen molar-refractivity contribution in [3.63, 3.8) is 0 Å². The van der Waals surface area contributed by atoms with Gasteiger partial charge in [0.2, 0.25) is 0 Å². The summed E-state index contributed by atoms with van der Waals surface area (Å²) in [5, 5.41) is 0. The lowest BCUT2D eigenvalue weighted by Gasteiger charge is -2.10. The van der Waals surface area contributed by atoms with E-state index in [9.17, 15) is 26.3 Å². The van der Waals surface area contributed by atoms with E-state index in [0.717, 1.165) is 6.07 Å². The van der Waals surface area contributed by atoms with Crippen molar-refractivity contribution < 1.29 is 26.3 Å². The minimum atomic E-state index is -4.75. The lowest BCUT2D eigenvalue weighted by molar-refractivity contribution is -0.143. The molecule has 4 aromatic carbocycles. The number of alkyl halides is 6. The topological polar surface area (TPSA) is 0 Å². The highest BCUT2D eigenvalue weighted by molar-refractivity contribution is 7.97. The Morgan fingerprint density at radius 1 is 0.394 bits per heavy atom. The molecule has 4 aromatic rings. The highest BCUT2D eigenvalue weighted by atomic mass is 32.2. The molecule has 33 heavy (non-hydrogen) atoms. The third-order valence-corrected chi connectivity index (χ3v) is 6.68. The summed E-state index contributed by atoms with van der Waals surface area (Å²) in [6.45, 7) is 0. The molecule has 0 saturated carbocycles. The van der Waals surface area contributed by atoms with Gasteiger partial charge in [0.05, 0.1) is 22.0 Å². The van der Waals surface area contributed by atoms with Gasteiger partial charge in [0.15, 0.2) is 14.7 Å². The Kier molecular flexibility index (Phi) is 7.87. The molecule has 0 fully saturated rings. The molecule has 0 unspecified atom stereocenters. The van der Waals surface area contributed by atoms with E-state index >= 15 is 0 Å². The predicted octanol–water partition coefficient (Wildman–Crippen LogP) is 8.51. The van der Waals surface area contributed by atoms with Crippen molar-refractivity contribution in [2.24, 2.45) is 0 Å². The molecule has 0 nitrogen and oxygen atoms in total. The van der Waals surface area contributed by atoms with E-state index in [0.29, 0.717) is 12.1 Å². The van der Waals surface area contributed by atoms with Gasteiger partial charge in [-0.2, -0.15) is 26.3 Å². The fourth-order valence-corrected chi connectivity index (χ4v) is 5.05. The first-order valence-corrected chi connectivity index (χ1v) is 11.0. The number of rotatable bonds is 3. The van der Waals surface area contributed by atoms with Gasteiger partial charge >= 0.3 is 12.4 Å². The molecule has 0 N–H and O–H groups in total. The van der Waals surface area contributed by atoms with Crippen LogP contribution in [-0.2, 0) is 23.2 Å².